The second kappa shape index (κ2) is 4.37. The lowest BCUT2D eigenvalue weighted by atomic mass is 10.1. The molecule has 0 unspecified atom stereocenters. The second-order valence-corrected chi connectivity index (χ2v) is 3.67. The summed E-state index contributed by atoms with van der Waals surface area (Å²) in [5.74, 6) is 0. The van der Waals surface area contributed by atoms with Gasteiger partial charge in [0.15, 0.2) is 0 Å². The van der Waals surface area contributed by atoms with Crippen LogP contribution in [0, 0.1) is 17.0 Å². The van der Waals surface area contributed by atoms with E-state index >= 15 is 0 Å². The summed E-state index contributed by atoms with van der Waals surface area (Å²) < 4.78 is 0. The van der Waals surface area contributed by atoms with Crippen molar-refractivity contribution in [1.29, 1.82) is 0 Å². The number of benzene rings is 1. The van der Waals surface area contributed by atoms with E-state index < -0.39 is 0 Å². The molecule has 0 radical (unpaired) electrons. The third-order valence-electron chi connectivity index (χ3n) is 1.72. The molecule has 0 aliphatic heterocycles. The van der Waals surface area contributed by atoms with Crippen LogP contribution >= 0.6 is 15.9 Å². The number of nitro benzene ring substituents is 1. The summed E-state index contributed by atoms with van der Waals surface area (Å²) in [4.78, 5) is 10.1. The molecule has 0 atom stereocenters. The highest BCUT2D eigenvalue weighted by atomic mass is 79.9. The van der Waals surface area contributed by atoms with E-state index in [4.69, 9.17) is 0 Å². The Balaban J connectivity index is 3.03. The van der Waals surface area contributed by atoms with E-state index in [1.165, 1.54) is 0 Å². The quantitative estimate of drug-likeness (QED) is 0.466. The molecule has 1 rings (SSSR count). The van der Waals surface area contributed by atoms with Crippen LogP contribution in [-0.2, 0) is 6.42 Å². The average Bonchev–Trinajstić information content (AvgIpc) is 2.03. The summed E-state index contributed by atoms with van der Waals surface area (Å²) >= 11 is 3.30. The maximum Gasteiger partial charge on any atom is 0.269 e. The monoisotopic (exact) mass is 243 g/mol. The number of hydrogen-bond donors (Lipinski definition) is 0. The summed E-state index contributed by atoms with van der Waals surface area (Å²) in [6.45, 7) is 1.87. The zero-order valence-electron chi connectivity index (χ0n) is 7.29. The minimum absolute atomic E-state index is 0.177. The van der Waals surface area contributed by atoms with Gasteiger partial charge < -0.3 is 0 Å². The number of alkyl halides is 1. The Morgan fingerprint density at radius 3 is 2.69 bits per heavy atom. The molecular weight excluding hydrogens is 234 g/mol. The first kappa shape index (κ1) is 10.2. The van der Waals surface area contributed by atoms with Crippen molar-refractivity contribution >= 4 is 21.6 Å². The fourth-order valence-electron chi connectivity index (χ4n) is 1.20. The first-order valence-corrected chi connectivity index (χ1v) is 5.06. The molecule has 0 aromatic heterocycles. The average molecular weight is 244 g/mol. The van der Waals surface area contributed by atoms with Gasteiger partial charge in [-0.3, -0.25) is 10.1 Å². The molecule has 1 aromatic carbocycles. The minimum Gasteiger partial charge on any atom is -0.258 e. The smallest absolute Gasteiger partial charge is 0.258 e. The van der Waals surface area contributed by atoms with Crippen LogP contribution in [0.25, 0.3) is 0 Å². The molecule has 0 aliphatic rings. The normalized spacial score (nSPS) is 10.0. The summed E-state index contributed by atoms with van der Waals surface area (Å²) in [5, 5.41) is 11.3. The molecule has 0 aliphatic carbocycles. The second-order valence-electron chi connectivity index (χ2n) is 2.87. The Bertz CT molecular complexity index is 325. The third-order valence-corrected chi connectivity index (χ3v) is 2.11. The number of hydrogen-bond acceptors (Lipinski definition) is 2. The van der Waals surface area contributed by atoms with Gasteiger partial charge in [-0.2, -0.15) is 0 Å². The molecule has 0 bridgehead atoms. The van der Waals surface area contributed by atoms with Crippen molar-refractivity contribution in [3.8, 4) is 0 Å². The highest BCUT2D eigenvalue weighted by Crippen LogP contribution is 2.17. The molecule has 4 heteroatoms. The van der Waals surface area contributed by atoms with E-state index in [1.54, 1.807) is 12.1 Å². The number of rotatable bonds is 3. The molecule has 3 nitrogen and oxygen atoms in total. The summed E-state index contributed by atoms with van der Waals surface area (Å²) in [5.41, 5.74) is 2.12. The number of nitro groups is 1. The first-order valence-electron chi connectivity index (χ1n) is 3.94. The van der Waals surface area contributed by atoms with Crippen molar-refractivity contribution in [2.45, 2.75) is 13.3 Å². The Hall–Kier alpha value is -0.900. The van der Waals surface area contributed by atoms with Gasteiger partial charge in [-0.1, -0.05) is 22.0 Å². The largest absolute Gasteiger partial charge is 0.269 e. The molecule has 70 valence electrons. The fraction of sp³-hybridized carbons (Fsp3) is 0.333. The van der Waals surface area contributed by atoms with Crippen LogP contribution in [0.2, 0.25) is 0 Å². The molecule has 0 N–H and O–H groups in total. The van der Waals surface area contributed by atoms with E-state index in [0.29, 0.717) is 0 Å². The Labute approximate surface area is 85.0 Å². The van der Waals surface area contributed by atoms with Gasteiger partial charge in [-0.25, -0.2) is 0 Å². The van der Waals surface area contributed by atoms with Gasteiger partial charge in [-0.05, 0) is 24.5 Å². The zero-order chi connectivity index (χ0) is 9.84. The van der Waals surface area contributed by atoms with E-state index in [1.807, 2.05) is 13.0 Å². The number of nitrogens with zero attached hydrogens (tertiary/aromatic N) is 1. The Morgan fingerprint density at radius 1 is 1.46 bits per heavy atom. The highest BCUT2D eigenvalue weighted by Gasteiger charge is 2.06. The molecule has 0 saturated carbocycles. The van der Waals surface area contributed by atoms with Crippen molar-refractivity contribution in [2.24, 2.45) is 0 Å². The van der Waals surface area contributed by atoms with Crippen LogP contribution in [0.15, 0.2) is 18.2 Å². The Kier molecular flexibility index (Phi) is 3.42. The van der Waals surface area contributed by atoms with E-state index in [9.17, 15) is 10.1 Å². The maximum atomic E-state index is 10.5. The standard InChI is InChI=1S/C9H10BrNO2/c1-7-4-8(2-3-10)6-9(5-7)11(12)13/h4-6H,2-3H2,1H3. The number of halogens is 1. The lowest BCUT2D eigenvalue weighted by molar-refractivity contribution is -0.385. The van der Waals surface area contributed by atoms with Crippen molar-refractivity contribution in [3.05, 3.63) is 39.4 Å². The Morgan fingerprint density at radius 2 is 2.15 bits per heavy atom. The highest BCUT2D eigenvalue weighted by molar-refractivity contribution is 9.09. The van der Waals surface area contributed by atoms with Crippen molar-refractivity contribution in [2.75, 3.05) is 5.33 Å². The summed E-state index contributed by atoms with van der Waals surface area (Å²) in [7, 11) is 0. The number of non-ortho nitro benzene ring substituents is 1. The molecular formula is C9H10BrNO2. The van der Waals surface area contributed by atoms with Gasteiger partial charge >= 0.3 is 0 Å². The van der Waals surface area contributed by atoms with Gasteiger partial charge in [-0.15, -0.1) is 0 Å². The third kappa shape index (κ3) is 2.81. The molecule has 13 heavy (non-hydrogen) atoms. The van der Waals surface area contributed by atoms with Crippen molar-refractivity contribution in [1.82, 2.24) is 0 Å². The van der Waals surface area contributed by atoms with E-state index in [0.717, 1.165) is 22.9 Å². The van der Waals surface area contributed by atoms with Crippen LogP contribution in [0.5, 0.6) is 0 Å². The SMILES string of the molecule is Cc1cc(CCBr)cc([N+](=O)[O-])c1. The topological polar surface area (TPSA) is 43.1 Å². The predicted molar refractivity (Wildman–Crippen MR) is 55.3 cm³/mol. The lowest BCUT2D eigenvalue weighted by Gasteiger charge is -2.00. The lowest BCUT2D eigenvalue weighted by Crippen LogP contribution is -1.93. The minimum atomic E-state index is -0.356. The van der Waals surface area contributed by atoms with Crippen LogP contribution in [0.1, 0.15) is 11.1 Å². The van der Waals surface area contributed by atoms with Crippen LogP contribution in [0.3, 0.4) is 0 Å². The molecule has 0 heterocycles. The summed E-state index contributed by atoms with van der Waals surface area (Å²) in [6, 6.07) is 5.17. The van der Waals surface area contributed by atoms with Crippen LogP contribution in [0.4, 0.5) is 5.69 Å². The fourth-order valence-corrected chi connectivity index (χ4v) is 1.66. The van der Waals surface area contributed by atoms with Gasteiger partial charge in [0.2, 0.25) is 0 Å². The van der Waals surface area contributed by atoms with Gasteiger partial charge in [0.05, 0.1) is 4.92 Å². The first-order chi connectivity index (χ1) is 6.13. The van der Waals surface area contributed by atoms with E-state index in [2.05, 4.69) is 15.9 Å². The number of aryl methyl sites for hydroxylation is 2. The van der Waals surface area contributed by atoms with Crippen molar-refractivity contribution in [3.63, 3.8) is 0 Å². The summed E-state index contributed by atoms with van der Waals surface area (Å²) in [6.07, 6.45) is 0.822. The van der Waals surface area contributed by atoms with Gasteiger partial charge in [0.1, 0.15) is 0 Å². The molecule has 0 fully saturated rings. The predicted octanol–water partition coefficient (Wildman–Crippen LogP) is 2.84. The molecule has 1 aromatic rings. The molecule has 0 spiro atoms. The van der Waals surface area contributed by atoms with Gasteiger partial charge in [0.25, 0.3) is 5.69 Å². The molecule has 0 saturated heterocycles. The van der Waals surface area contributed by atoms with Crippen LogP contribution < -0.4 is 0 Å². The van der Waals surface area contributed by atoms with Crippen molar-refractivity contribution < 1.29 is 4.92 Å². The zero-order valence-corrected chi connectivity index (χ0v) is 8.87. The van der Waals surface area contributed by atoms with Gasteiger partial charge in [0, 0.05) is 17.5 Å². The van der Waals surface area contributed by atoms with E-state index in [-0.39, 0.29) is 10.6 Å². The maximum absolute atomic E-state index is 10.5. The van der Waals surface area contributed by atoms with Crippen LogP contribution in [-0.4, -0.2) is 10.3 Å². The molecule has 0 amide bonds.